The highest BCUT2D eigenvalue weighted by atomic mass is 19.1. The lowest BCUT2D eigenvalue weighted by Gasteiger charge is -2.43. The summed E-state index contributed by atoms with van der Waals surface area (Å²) in [7, 11) is 0. The molecule has 0 aromatic rings. The molecule has 2 aliphatic rings. The van der Waals surface area contributed by atoms with Crippen molar-refractivity contribution in [3.8, 4) is 0 Å². The normalized spacial score (nSPS) is 50.0. The van der Waals surface area contributed by atoms with Gasteiger partial charge in [-0.3, -0.25) is 0 Å². The van der Waals surface area contributed by atoms with Gasteiger partial charge < -0.3 is 44.8 Å². The fraction of sp³-hybridized carbons (Fsp3) is 1.00. The summed E-state index contributed by atoms with van der Waals surface area (Å²) in [5.74, 6) is 0. The van der Waals surface area contributed by atoms with Crippen LogP contribution in [0.15, 0.2) is 0 Å². The quantitative estimate of drug-likeness (QED) is 0.306. The van der Waals surface area contributed by atoms with E-state index in [-0.39, 0.29) is 0 Å². The minimum Gasteiger partial charge on any atom is -0.394 e. The van der Waals surface area contributed by atoms with Gasteiger partial charge in [0.1, 0.15) is 42.7 Å². The fourth-order valence-corrected chi connectivity index (χ4v) is 2.49. The van der Waals surface area contributed by atoms with Crippen LogP contribution in [-0.2, 0) is 14.2 Å². The SMILES string of the molecule is OC[C@H]1O[C@@H](O[C@H]2[C@H](O)[C@@H](F)CO[C@@H]2CO)[C@H](O)[C@@H](O)[C@@H]1O. The highest BCUT2D eigenvalue weighted by Crippen LogP contribution is 2.27. The molecule has 0 aromatic carbocycles. The number of ether oxygens (including phenoxy) is 3. The Morgan fingerprint density at radius 3 is 2.14 bits per heavy atom. The standard InChI is InChI=1S/C12H21FO9/c13-4-3-20-6(2-15)11(7(4)16)22-12-10(19)9(18)8(17)5(1-14)21-12/h4-12,14-19H,1-3H2/t4-,5+,6+,7+,8+,9-,10+,11+,12-/m0/s1. The predicted molar refractivity (Wildman–Crippen MR) is 66.4 cm³/mol. The van der Waals surface area contributed by atoms with Gasteiger partial charge in [-0.2, -0.15) is 0 Å². The number of hydrogen-bond donors (Lipinski definition) is 6. The third-order valence-corrected chi connectivity index (χ3v) is 3.86. The van der Waals surface area contributed by atoms with E-state index in [2.05, 4.69) is 0 Å². The summed E-state index contributed by atoms with van der Waals surface area (Å²) in [6, 6.07) is 0. The maximum Gasteiger partial charge on any atom is 0.187 e. The lowest BCUT2D eigenvalue weighted by Crippen LogP contribution is -2.62. The maximum absolute atomic E-state index is 13.5. The molecule has 22 heavy (non-hydrogen) atoms. The van der Waals surface area contributed by atoms with Crippen LogP contribution in [0.3, 0.4) is 0 Å². The van der Waals surface area contributed by atoms with Gasteiger partial charge >= 0.3 is 0 Å². The molecule has 0 aromatic heterocycles. The molecule has 0 aliphatic carbocycles. The van der Waals surface area contributed by atoms with Crippen molar-refractivity contribution in [3.63, 3.8) is 0 Å². The Morgan fingerprint density at radius 2 is 1.55 bits per heavy atom. The second-order valence-electron chi connectivity index (χ2n) is 5.36. The molecular weight excluding hydrogens is 307 g/mol. The number of aliphatic hydroxyl groups excluding tert-OH is 6. The van der Waals surface area contributed by atoms with Gasteiger partial charge in [0.25, 0.3) is 0 Å². The third-order valence-electron chi connectivity index (χ3n) is 3.86. The fourth-order valence-electron chi connectivity index (χ4n) is 2.49. The van der Waals surface area contributed by atoms with Crippen molar-refractivity contribution in [1.29, 1.82) is 0 Å². The lowest BCUT2D eigenvalue weighted by molar-refractivity contribution is -0.334. The molecule has 2 heterocycles. The van der Waals surface area contributed by atoms with E-state index in [0.717, 1.165) is 0 Å². The summed E-state index contributed by atoms with van der Waals surface area (Å²) >= 11 is 0. The minimum absolute atomic E-state index is 0.416. The molecular formula is C12H21FO9. The highest BCUT2D eigenvalue weighted by Gasteiger charge is 2.48. The van der Waals surface area contributed by atoms with Gasteiger partial charge in [-0.05, 0) is 0 Å². The Bertz CT molecular complexity index is 355. The van der Waals surface area contributed by atoms with Crippen LogP contribution in [0.4, 0.5) is 4.39 Å². The van der Waals surface area contributed by atoms with E-state index in [1.807, 2.05) is 0 Å². The maximum atomic E-state index is 13.5. The Kier molecular flexibility index (Phi) is 6.05. The van der Waals surface area contributed by atoms with Crippen LogP contribution in [0.2, 0.25) is 0 Å². The molecule has 0 saturated carbocycles. The highest BCUT2D eigenvalue weighted by molar-refractivity contribution is 4.92. The van der Waals surface area contributed by atoms with Crippen LogP contribution in [0.25, 0.3) is 0 Å². The molecule has 130 valence electrons. The molecule has 0 bridgehead atoms. The van der Waals surface area contributed by atoms with Crippen LogP contribution in [-0.4, -0.2) is 106 Å². The first kappa shape index (κ1) is 17.9. The molecule has 0 radical (unpaired) electrons. The summed E-state index contributed by atoms with van der Waals surface area (Å²) in [5.41, 5.74) is 0. The van der Waals surface area contributed by atoms with Crippen molar-refractivity contribution in [1.82, 2.24) is 0 Å². The van der Waals surface area contributed by atoms with Crippen LogP contribution in [0.5, 0.6) is 0 Å². The van der Waals surface area contributed by atoms with Gasteiger partial charge in [-0.15, -0.1) is 0 Å². The second kappa shape index (κ2) is 7.43. The van der Waals surface area contributed by atoms with Crippen molar-refractivity contribution in [2.45, 2.75) is 55.2 Å². The van der Waals surface area contributed by atoms with Gasteiger partial charge in [0.2, 0.25) is 0 Å². The zero-order valence-electron chi connectivity index (χ0n) is 11.6. The zero-order chi connectivity index (χ0) is 16.4. The van der Waals surface area contributed by atoms with Crippen molar-refractivity contribution >= 4 is 0 Å². The summed E-state index contributed by atoms with van der Waals surface area (Å²) in [6.45, 7) is -1.63. The summed E-state index contributed by atoms with van der Waals surface area (Å²) in [4.78, 5) is 0. The van der Waals surface area contributed by atoms with Gasteiger partial charge in [-0.25, -0.2) is 4.39 Å². The van der Waals surface area contributed by atoms with Crippen LogP contribution in [0, 0.1) is 0 Å². The van der Waals surface area contributed by atoms with Gasteiger partial charge in [-0.1, -0.05) is 0 Å². The predicted octanol–water partition coefficient (Wildman–Crippen LogP) is -3.74. The lowest BCUT2D eigenvalue weighted by atomic mass is 9.98. The number of rotatable bonds is 4. The zero-order valence-corrected chi connectivity index (χ0v) is 11.6. The van der Waals surface area contributed by atoms with Gasteiger partial charge in [0.05, 0.1) is 19.8 Å². The largest absolute Gasteiger partial charge is 0.394 e. The number of aliphatic hydroxyl groups is 6. The van der Waals surface area contributed by atoms with Gasteiger partial charge in [0, 0.05) is 0 Å². The minimum atomic E-state index is -1.75. The molecule has 6 N–H and O–H groups in total. The third kappa shape index (κ3) is 3.40. The van der Waals surface area contributed by atoms with Gasteiger partial charge in [0.15, 0.2) is 12.5 Å². The van der Waals surface area contributed by atoms with Crippen LogP contribution >= 0.6 is 0 Å². The van der Waals surface area contributed by atoms with E-state index in [1.165, 1.54) is 0 Å². The molecule has 0 amide bonds. The molecule has 9 atom stereocenters. The first-order valence-corrected chi connectivity index (χ1v) is 6.91. The van der Waals surface area contributed by atoms with Crippen molar-refractivity contribution < 1.29 is 49.2 Å². The first-order chi connectivity index (χ1) is 10.4. The van der Waals surface area contributed by atoms with E-state index in [1.54, 1.807) is 0 Å². The van der Waals surface area contributed by atoms with Crippen LogP contribution in [0.1, 0.15) is 0 Å². The number of hydrogen-bond acceptors (Lipinski definition) is 9. The first-order valence-electron chi connectivity index (χ1n) is 6.91. The molecule has 2 fully saturated rings. The summed E-state index contributed by atoms with van der Waals surface area (Å²) in [6.07, 6.45) is -13.4. The summed E-state index contributed by atoms with van der Waals surface area (Å²) < 4.78 is 28.9. The van der Waals surface area contributed by atoms with Crippen molar-refractivity contribution in [2.24, 2.45) is 0 Å². The van der Waals surface area contributed by atoms with Crippen molar-refractivity contribution in [2.75, 3.05) is 19.8 Å². The average molecular weight is 328 g/mol. The molecule has 10 heteroatoms. The van der Waals surface area contributed by atoms with E-state index < -0.39 is 75.0 Å². The average Bonchev–Trinajstić information content (AvgIpc) is 2.52. The molecule has 2 rings (SSSR count). The number of halogens is 1. The smallest absolute Gasteiger partial charge is 0.187 e. The van der Waals surface area contributed by atoms with E-state index in [4.69, 9.17) is 19.3 Å². The molecule has 2 aliphatic heterocycles. The molecule has 0 unspecified atom stereocenters. The topological polar surface area (TPSA) is 149 Å². The van der Waals surface area contributed by atoms with Crippen LogP contribution < -0.4 is 0 Å². The van der Waals surface area contributed by atoms with E-state index in [9.17, 15) is 29.9 Å². The second-order valence-corrected chi connectivity index (χ2v) is 5.36. The summed E-state index contributed by atoms with van der Waals surface area (Å²) in [5, 5.41) is 57.2. The van der Waals surface area contributed by atoms with Crippen molar-refractivity contribution in [3.05, 3.63) is 0 Å². The van der Waals surface area contributed by atoms with E-state index >= 15 is 0 Å². The number of alkyl halides is 1. The monoisotopic (exact) mass is 328 g/mol. The molecule has 2 saturated heterocycles. The Morgan fingerprint density at radius 1 is 0.909 bits per heavy atom. The van der Waals surface area contributed by atoms with E-state index in [0.29, 0.717) is 0 Å². The molecule has 9 nitrogen and oxygen atoms in total. The Labute approximate surface area is 125 Å². The Hall–Kier alpha value is -0.430. The molecule has 0 spiro atoms. The Balaban J connectivity index is 2.09.